The first kappa shape index (κ1) is 26.6. The predicted octanol–water partition coefficient (Wildman–Crippen LogP) is 6.29. The van der Waals surface area contributed by atoms with E-state index in [9.17, 15) is 9.59 Å². The second-order valence-electron chi connectivity index (χ2n) is 9.14. The normalized spacial score (nSPS) is 11.7. The average molecular weight is 541 g/mol. The fourth-order valence-corrected chi connectivity index (χ4v) is 4.84. The Kier molecular flexibility index (Phi) is 7.33. The Bertz CT molecular complexity index is 1490. The highest BCUT2D eigenvalue weighted by Gasteiger charge is 2.27. The van der Waals surface area contributed by atoms with Gasteiger partial charge in [-0.2, -0.15) is 0 Å². The molecule has 0 saturated carbocycles. The lowest BCUT2D eigenvalue weighted by atomic mass is 9.99. The molecule has 0 N–H and O–H groups in total. The number of esters is 2. The molecule has 0 aliphatic heterocycles. The highest BCUT2D eigenvalue weighted by molar-refractivity contribution is 5.93. The first-order valence-corrected chi connectivity index (χ1v) is 12.5. The largest absolute Gasteiger partial charge is 0.493 e. The number of fused-ring (bicyclic) bond motifs is 3. The Hall–Kier alpha value is -4.98. The van der Waals surface area contributed by atoms with E-state index in [0.717, 1.165) is 22.3 Å². The standard InChI is InChI=1S/C32H28O8/c1-18-25-16-21(39-31(33)19-6-12-27(35-2)29(14-19)37-4)8-10-23(25)24-11-9-22(17-26(18)24)40-32(34)20-7-13-28(36-3)30(15-20)38-5/h6-18H,1-5H3. The van der Waals surface area contributed by atoms with Crippen molar-refractivity contribution < 1.29 is 38.0 Å². The van der Waals surface area contributed by atoms with Crippen LogP contribution in [0.3, 0.4) is 0 Å². The Morgan fingerprint density at radius 2 is 0.925 bits per heavy atom. The van der Waals surface area contributed by atoms with Gasteiger partial charge in [0.25, 0.3) is 0 Å². The van der Waals surface area contributed by atoms with Crippen molar-refractivity contribution in [1.82, 2.24) is 0 Å². The summed E-state index contributed by atoms with van der Waals surface area (Å²) in [6.45, 7) is 2.06. The van der Waals surface area contributed by atoms with Crippen molar-refractivity contribution in [3.63, 3.8) is 0 Å². The first-order valence-electron chi connectivity index (χ1n) is 12.5. The maximum absolute atomic E-state index is 12.8. The molecule has 1 aliphatic carbocycles. The van der Waals surface area contributed by atoms with E-state index in [2.05, 4.69) is 6.92 Å². The van der Waals surface area contributed by atoms with Crippen LogP contribution in [0.5, 0.6) is 34.5 Å². The second kappa shape index (κ2) is 11.0. The highest BCUT2D eigenvalue weighted by Crippen LogP contribution is 2.47. The summed E-state index contributed by atoms with van der Waals surface area (Å²) < 4.78 is 32.4. The molecule has 204 valence electrons. The predicted molar refractivity (Wildman–Crippen MR) is 148 cm³/mol. The number of ether oxygens (including phenoxy) is 6. The van der Waals surface area contributed by atoms with Gasteiger partial charge >= 0.3 is 11.9 Å². The molecule has 8 heteroatoms. The van der Waals surface area contributed by atoms with Crippen LogP contribution in [-0.4, -0.2) is 40.4 Å². The van der Waals surface area contributed by atoms with E-state index in [1.165, 1.54) is 28.4 Å². The highest BCUT2D eigenvalue weighted by atomic mass is 16.5. The molecule has 0 unspecified atom stereocenters. The second-order valence-corrected chi connectivity index (χ2v) is 9.14. The molecule has 0 amide bonds. The van der Waals surface area contributed by atoms with Crippen LogP contribution >= 0.6 is 0 Å². The Morgan fingerprint density at radius 1 is 0.525 bits per heavy atom. The van der Waals surface area contributed by atoms with Crippen LogP contribution in [-0.2, 0) is 0 Å². The number of rotatable bonds is 8. The maximum atomic E-state index is 12.8. The Morgan fingerprint density at radius 3 is 1.30 bits per heavy atom. The van der Waals surface area contributed by atoms with E-state index in [0.29, 0.717) is 45.6 Å². The van der Waals surface area contributed by atoms with Crippen LogP contribution in [0.25, 0.3) is 11.1 Å². The number of methoxy groups -OCH3 is 4. The monoisotopic (exact) mass is 540 g/mol. The van der Waals surface area contributed by atoms with Gasteiger partial charge in [0.2, 0.25) is 0 Å². The lowest BCUT2D eigenvalue weighted by Crippen LogP contribution is -2.09. The summed E-state index contributed by atoms with van der Waals surface area (Å²) in [4.78, 5) is 25.7. The zero-order valence-electron chi connectivity index (χ0n) is 22.8. The van der Waals surface area contributed by atoms with Gasteiger partial charge < -0.3 is 28.4 Å². The van der Waals surface area contributed by atoms with Crippen LogP contribution < -0.4 is 28.4 Å². The third-order valence-corrected chi connectivity index (χ3v) is 6.93. The number of hydrogen-bond donors (Lipinski definition) is 0. The molecule has 5 rings (SSSR count). The minimum atomic E-state index is -0.506. The van der Waals surface area contributed by atoms with E-state index in [1.807, 2.05) is 24.3 Å². The number of benzene rings is 4. The number of carbonyl (C=O) groups excluding carboxylic acids is 2. The summed E-state index contributed by atoms with van der Waals surface area (Å²) in [6.07, 6.45) is 0. The SMILES string of the molecule is COc1ccc(C(=O)Oc2ccc3c(c2)C(C)c2cc(OC(=O)c4ccc(OC)c(OC)c4)ccc2-3)cc1OC. The van der Waals surface area contributed by atoms with Gasteiger partial charge in [-0.15, -0.1) is 0 Å². The molecule has 4 aromatic carbocycles. The molecule has 0 radical (unpaired) electrons. The summed E-state index contributed by atoms with van der Waals surface area (Å²) in [5.41, 5.74) is 4.77. The smallest absolute Gasteiger partial charge is 0.343 e. The summed E-state index contributed by atoms with van der Waals surface area (Å²) in [7, 11) is 6.08. The molecule has 40 heavy (non-hydrogen) atoms. The molecule has 0 atom stereocenters. The maximum Gasteiger partial charge on any atom is 0.343 e. The molecule has 0 bridgehead atoms. The van der Waals surface area contributed by atoms with Crippen LogP contribution in [0.1, 0.15) is 44.7 Å². The first-order chi connectivity index (χ1) is 19.4. The summed E-state index contributed by atoms with van der Waals surface area (Å²) >= 11 is 0. The molecule has 1 aliphatic rings. The van der Waals surface area contributed by atoms with Crippen molar-refractivity contribution in [2.75, 3.05) is 28.4 Å². The lowest BCUT2D eigenvalue weighted by Gasteiger charge is -2.11. The van der Waals surface area contributed by atoms with Crippen molar-refractivity contribution in [1.29, 1.82) is 0 Å². The van der Waals surface area contributed by atoms with Crippen molar-refractivity contribution in [2.45, 2.75) is 12.8 Å². The minimum Gasteiger partial charge on any atom is -0.493 e. The van der Waals surface area contributed by atoms with Gasteiger partial charge in [-0.1, -0.05) is 19.1 Å². The van der Waals surface area contributed by atoms with Crippen LogP contribution in [0, 0.1) is 0 Å². The fourth-order valence-electron chi connectivity index (χ4n) is 4.84. The summed E-state index contributed by atoms with van der Waals surface area (Å²) in [6, 6.07) is 20.9. The molecular weight excluding hydrogens is 512 g/mol. The number of hydrogen-bond acceptors (Lipinski definition) is 8. The van der Waals surface area contributed by atoms with Gasteiger partial charge in [-0.3, -0.25) is 0 Å². The molecule has 0 heterocycles. The molecule has 4 aromatic rings. The van der Waals surface area contributed by atoms with Gasteiger partial charge in [0.15, 0.2) is 23.0 Å². The third kappa shape index (κ3) is 4.91. The summed E-state index contributed by atoms with van der Waals surface area (Å²) in [5.74, 6) is 1.77. The van der Waals surface area contributed by atoms with Crippen LogP contribution in [0.15, 0.2) is 72.8 Å². The lowest BCUT2D eigenvalue weighted by molar-refractivity contribution is 0.0724. The van der Waals surface area contributed by atoms with Crippen molar-refractivity contribution in [3.05, 3.63) is 95.1 Å². The zero-order valence-corrected chi connectivity index (χ0v) is 22.8. The van der Waals surface area contributed by atoms with Crippen LogP contribution in [0.4, 0.5) is 0 Å². The van der Waals surface area contributed by atoms with Gasteiger partial charge in [0.05, 0.1) is 39.6 Å². The van der Waals surface area contributed by atoms with Gasteiger partial charge in [0, 0.05) is 5.92 Å². The van der Waals surface area contributed by atoms with Crippen LogP contribution in [0.2, 0.25) is 0 Å². The molecule has 0 spiro atoms. The van der Waals surface area contributed by atoms with Crippen molar-refractivity contribution in [2.24, 2.45) is 0 Å². The molecule has 0 saturated heterocycles. The third-order valence-electron chi connectivity index (χ3n) is 6.93. The molecule has 0 aromatic heterocycles. The fraction of sp³-hybridized carbons (Fsp3) is 0.188. The van der Waals surface area contributed by atoms with Gasteiger partial charge in [-0.25, -0.2) is 9.59 Å². The van der Waals surface area contributed by atoms with Crippen molar-refractivity contribution in [3.8, 4) is 45.6 Å². The van der Waals surface area contributed by atoms with E-state index in [4.69, 9.17) is 28.4 Å². The summed E-state index contributed by atoms with van der Waals surface area (Å²) in [5, 5.41) is 0. The van der Waals surface area contributed by atoms with E-state index in [-0.39, 0.29) is 5.92 Å². The quantitative estimate of drug-likeness (QED) is 0.190. The molecular formula is C32H28O8. The Balaban J connectivity index is 1.33. The molecule has 8 nitrogen and oxygen atoms in total. The molecule has 0 fully saturated rings. The average Bonchev–Trinajstić information content (AvgIpc) is 3.26. The number of carbonyl (C=O) groups is 2. The van der Waals surface area contributed by atoms with Gasteiger partial charge in [-0.05, 0) is 82.9 Å². The van der Waals surface area contributed by atoms with E-state index in [1.54, 1.807) is 48.5 Å². The minimum absolute atomic E-state index is 0.00975. The topological polar surface area (TPSA) is 89.5 Å². The van der Waals surface area contributed by atoms with Gasteiger partial charge in [0.1, 0.15) is 11.5 Å². The zero-order chi connectivity index (χ0) is 28.4. The van der Waals surface area contributed by atoms with E-state index >= 15 is 0 Å². The van der Waals surface area contributed by atoms with E-state index < -0.39 is 11.9 Å². The van der Waals surface area contributed by atoms with Crippen molar-refractivity contribution >= 4 is 11.9 Å². The Labute approximate surface area is 232 Å².